The first-order valence-corrected chi connectivity index (χ1v) is 7.76. The Bertz CT molecular complexity index is 643. The number of hydrogen-bond acceptors (Lipinski definition) is 3. The van der Waals surface area contributed by atoms with Gasteiger partial charge in [0, 0.05) is 26.0 Å². The van der Waals surface area contributed by atoms with E-state index in [9.17, 15) is 4.79 Å². The van der Waals surface area contributed by atoms with Crippen molar-refractivity contribution in [2.45, 2.75) is 33.2 Å². The molecule has 0 amide bonds. The molecule has 120 valence electrons. The van der Waals surface area contributed by atoms with Gasteiger partial charge in [-0.05, 0) is 17.5 Å². The first-order valence-electron chi connectivity index (χ1n) is 7.76. The predicted molar refractivity (Wildman–Crippen MR) is 88.7 cm³/mol. The Morgan fingerprint density at radius 3 is 2.64 bits per heavy atom. The van der Waals surface area contributed by atoms with Gasteiger partial charge in [0.25, 0.3) is 0 Å². The first kappa shape index (κ1) is 16.7. The molecule has 4 nitrogen and oxygen atoms in total. The van der Waals surface area contributed by atoms with Gasteiger partial charge in [-0.2, -0.15) is 0 Å². The number of methoxy groups -OCH3 is 1. The molecule has 4 heteroatoms. The number of aromatic nitrogens is 1. The summed E-state index contributed by atoms with van der Waals surface area (Å²) in [6, 6.07) is 8.24. The number of hydrogen-bond donors (Lipinski definition) is 0. The normalized spacial score (nSPS) is 11.5. The summed E-state index contributed by atoms with van der Waals surface area (Å²) >= 11 is 0. The third-order valence-electron chi connectivity index (χ3n) is 3.83. The SMILES string of the molecule is COCCOCCn1c(C(C)=O)cc2cccc(C(C)C)c21. The second-order valence-corrected chi connectivity index (χ2v) is 5.78. The zero-order valence-corrected chi connectivity index (χ0v) is 13.9. The molecule has 22 heavy (non-hydrogen) atoms. The maximum absolute atomic E-state index is 12.0. The maximum atomic E-state index is 12.0. The van der Waals surface area contributed by atoms with Crippen molar-refractivity contribution in [3.63, 3.8) is 0 Å². The van der Waals surface area contributed by atoms with Crippen molar-refractivity contribution in [1.29, 1.82) is 0 Å². The highest BCUT2D eigenvalue weighted by molar-refractivity contribution is 5.99. The van der Waals surface area contributed by atoms with E-state index < -0.39 is 0 Å². The van der Waals surface area contributed by atoms with Crippen LogP contribution in [0.1, 0.15) is 42.7 Å². The van der Waals surface area contributed by atoms with Crippen LogP contribution in [0.3, 0.4) is 0 Å². The van der Waals surface area contributed by atoms with Gasteiger partial charge >= 0.3 is 0 Å². The smallest absolute Gasteiger partial charge is 0.176 e. The van der Waals surface area contributed by atoms with Crippen LogP contribution in [0.4, 0.5) is 0 Å². The number of rotatable bonds is 8. The molecular formula is C18H25NO3. The Hall–Kier alpha value is -1.65. The van der Waals surface area contributed by atoms with Crippen LogP contribution >= 0.6 is 0 Å². The van der Waals surface area contributed by atoms with Gasteiger partial charge in [0.05, 0.1) is 31.0 Å². The average Bonchev–Trinajstić information content (AvgIpc) is 2.86. The summed E-state index contributed by atoms with van der Waals surface area (Å²) in [4.78, 5) is 12.0. The number of ketones is 1. The monoisotopic (exact) mass is 303 g/mol. The second kappa shape index (κ2) is 7.56. The van der Waals surface area contributed by atoms with Gasteiger partial charge in [-0.3, -0.25) is 4.79 Å². The fourth-order valence-electron chi connectivity index (χ4n) is 2.74. The van der Waals surface area contributed by atoms with Crippen LogP contribution in [0.2, 0.25) is 0 Å². The van der Waals surface area contributed by atoms with Crippen molar-refractivity contribution < 1.29 is 14.3 Å². The molecule has 2 rings (SSSR count). The lowest BCUT2D eigenvalue weighted by Crippen LogP contribution is -2.13. The third-order valence-corrected chi connectivity index (χ3v) is 3.83. The zero-order chi connectivity index (χ0) is 16.1. The van der Waals surface area contributed by atoms with E-state index in [2.05, 4.69) is 36.6 Å². The number of ether oxygens (including phenoxy) is 2. The van der Waals surface area contributed by atoms with Crippen LogP contribution in [-0.4, -0.2) is 37.3 Å². The quantitative estimate of drug-likeness (QED) is 0.552. The number of fused-ring (bicyclic) bond motifs is 1. The van der Waals surface area contributed by atoms with Gasteiger partial charge in [-0.1, -0.05) is 32.0 Å². The molecule has 1 heterocycles. The minimum absolute atomic E-state index is 0.0859. The molecule has 2 aromatic rings. The van der Waals surface area contributed by atoms with Gasteiger partial charge in [0.1, 0.15) is 0 Å². The molecule has 0 spiro atoms. The Labute approximate surface area is 132 Å². The van der Waals surface area contributed by atoms with Gasteiger partial charge < -0.3 is 14.0 Å². The van der Waals surface area contributed by atoms with Crippen LogP contribution in [0.15, 0.2) is 24.3 Å². The summed E-state index contributed by atoms with van der Waals surface area (Å²) < 4.78 is 12.6. The summed E-state index contributed by atoms with van der Waals surface area (Å²) in [5.74, 6) is 0.495. The topological polar surface area (TPSA) is 40.5 Å². The number of benzene rings is 1. The van der Waals surface area contributed by atoms with E-state index in [1.54, 1.807) is 14.0 Å². The molecule has 1 aromatic carbocycles. The van der Waals surface area contributed by atoms with E-state index in [0.29, 0.717) is 32.3 Å². The van der Waals surface area contributed by atoms with E-state index in [0.717, 1.165) is 16.6 Å². The summed E-state index contributed by atoms with van der Waals surface area (Å²) in [7, 11) is 1.66. The molecule has 0 aliphatic heterocycles. The predicted octanol–water partition coefficient (Wildman–Crippen LogP) is 3.63. The highest BCUT2D eigenvalue weighted by Gasteiger charge is 2.16. The van der Waals surface area contributed by atoms with E-state index in [1.807, 2.05) is 6.07 Å². The van der Waals surface area contributed by atoms with Crippen molar-refractivity contribution in [3.8, 4) is 0 Å². The van der Waals surface area contributed by atoms with E-state index in [1.165, 1.54) is 5.56 Å². The Kier molecular flexibility index (Phi) is 5.75. The van der Waals surface area contributed by atoms with Gasteiger partial charge in [-0.15, -0.1) is 0 Å². The van der Waals surface area contributed by atoms with E-state index in [-0.39, 0.29) is 5.78 Å². The molecule has 0 atom stereocenters. The first-order chi connectivity index (χ1) is 10.6. The van der Waals surface area contributed by atoms with E-state index >= 15 is 0 Å². The number of carbonyl (C=O) groups is 1. The van der Waals surface area contributed by atoms with Crippen LogP contribution in [-0.2, 0) is 16.0 Å². The van der Waals surface area contributed by atoms with Crippen LogP contribution in [0.5, 0.6) is 0 Å². The largest absolute Gasteiger partial charge is 0.382 e. The number of para-hydroxylation sites is 1. The molecule has 0 saturated heterocycles. The van der Waals surface area contributed by atoms with Gasteiger partial charge in [0.15, 0.2) is 5.78 Å². The minimum atomic E-state index is 0.0859. The summed E-state index contributed by atoms with van der Waals surface area (Å²) in [6.07, 6.45) is 0. The lowest BCUT2D eigenvalue weighted by atomic mass is 10.0. The number of Topliss-reactive ketones (excluding diaryl/α,β-unsaturated/α-hetero) is 1. The zero-order valence-electron chi connectivity index (χ0n) is 13.9. The van der Waals surface area contributed by atoms with Crippen molar-refractivity contribution in [2.24, 2.45) is 0 Å². The van der Waals surface area contributed by atoms with Crippen LogP contribution in [0, 0.1) is 0 Å². The Balaban J connectivity index is 2.35. The minimum Gasteiger partial charge on any atom is -0.382 e. The Morgan fingerprint density at radius 1 is 1.23 bits per heavy atom. The Morgan fingerprint density at radius 2 is 2.00 bits per heavy atom. The molecule has 0 bridgehead atoms. The average molecular weight is 303 g/mol. The van der Waals surface area contributed by atoms with Gasteiger partial charge in [0.2, 0.25) is 0 Å². The number of carbonyl (C=O) groups excluding carboxylic acids is 1. The molecule has 1 aromatic heterocycles. The highest BCUT2D eigenvalue weighted by Crippen LogP contribution is 2.28. The fourth-order valence-corrected chi connectivity index (χ4v) is 2.74. The number of nitrogens with zero attached hydrogens (tertiary/aromatic N) is 1. The second-order valence-electron chi connectivity index (χ2n) is 5.78. The lowest BCUT2D eigenvalue weighted by Gasteiger charge is -2.14. The molecule has 0 fully saturated rings. The van der Waals surface area contributed by atoms with Gasteiger partial charge in [-0.25, -0.2) is 0 Å². The fraction of sp³-hybridized carbons (Fsp3) is 0.500. The van der Waals surface area contributed by atoms with Crippen molar-refractivity contribution >= 4 is 16.7 Å². The maximum Gasteiger partial charge on any atom is 0.176 e. The van der Waals surface area contributed by atoms with Crippen molar-refractivity contribution in [1.82, 2.24) is 4.57 Å². The van der Waals surface area contributed by atoms with Crippen molar-refractivity contribution in [3.05, 3.63) is 35.5 Å². The molecule has 0 unspecified atom stereocenters. The van der Waals surface area contributed by atoms with Crippen molar-refractivity contribution in [2.75, 3.05) is 26.9 Å². The molecular weight excluding hydrogens is 278 g/mol. The molecule has 0 saturated carbocycles. The summed E-state index contributed by atoms with van der Waals surface area (Å²) in [5.41, 5.74) is 3.17. The molecule has 0 aliphatic carbocycles. The van der Waals surface area contributed by atoms with Crippen LogP contribution < -0.4 is 0 Å². The van der Waals surface area contributed by atoms with E-state index in [4.69, 9.17) is 9.47 Å². The summed E-state index contributed by atoms with van der Waals surface area (Å²) in [5, 5.41) is 1.12. The third kappa shape index (κ3) is 3.57. The molecule has 0 N–H and O–H groups in total. The molecule has 0 radical (unpaired) electrons. The standard InChI is InChI=1S/C18H25NO3/c1-13(2)16-7-5-6-15-12-17(14(3)20)19(18(15)16)8-9-22-11-10-21-4/h5-7,12-13H,8-11H2,1-4H3. The summed E-state index contributed by atoms with van der Waals surface area (Å²) in [6.45, 7) is 8.37. The highest BCUT2D eigenvalue weighted by atomic mass is 16.5. The lowest BCUT2D eigenvalue weighted by molar-refractivity contribution is 0.0666. The van der Waals surface area contributed by atoms with Crippen LogP contribution in [0.25, 0.3) is 10.9 Å². The molecule has 0 aliphatic rings.